The number of carbonyl (C=O) groups is 1. The van der Waals surface area contributed by atoms with Crippen molar-refractivity contribution in [2.75, 3.05) is 24.3 Å². The number of carbonyl (C=O) groups excluding carboxylic acids is 1. The van der Waals surface area contributed by atoms with E-state index in [0.717, 1.165) is 6.54 Å². The van der Waals surface area contributed by atoms with E-state index < -0.39 is 5.82 Å². The van der Waals surface area contributed by atoms with Gasteiger partial charge in [-0.05, 0) is 31.2 Å². The normalized spacial score (nSPS) is 10.0. The molecule has 6 heteroatoms. The summed E-state index contributed by atoms with van der Waals surface area (Å²) in [6.45, 7) is 2.72. The number of methoxy groups -OCH3 is 1. The smallest absolute Gasteiger partial charge is 0.257 e. The summed E-state index contributed by atoms with van der Waals surface area (Å²) in [6, 6.07) is 7.52. The summed E-state index contributed by atoms with van der Waals surface area (Å²) in [5.41, 5.74) is 0.869. The molecule has 1 amide bonds. The van der Waals surface area contributed by atoms with Crippen LogP contribution in [0.1, 0.15) is 17.3 Å². The third-order valence-electron chi connectivity index (χ3n) is 2.79. The molecule has 2 N–H and O–H groups in total. The van der Waals surface area contributed by atoms with E-state index in [0.29, 0.717) is 17.1 Å². The number of pyridine rings is 1. The molecular weight excluding hydrogens is 273 g/mol. The zero-order valence-corrected chi connectivity index (χ0v) is 11.8. The first-order valence-electron chi connectivity index (χ1n) is 6.49. The highest BCUT2D eigenvalue weighted by Gasteiger charge is 2.09. The van der Waals surface area contributed by atoms with Gasteiger partial charge in [0.05, 0.1) is 12.7 Å². The highest BCUT2D eigenvalue weighted by molar-refractivity contribution is 6.04. The molecule has 110 valence electrons. The quantitative estimate of drug-likeness (QED) is 0.888. The molecule has 0 aliphatic rings. The van der Waals surface area contributed by atoms with Gasteiger partial charge in [0.1, 0.15) is 5.82 Å². The second kappa shape index (κ2) is 6.69. The fourth-order valence-electron chi connectivity index (χ4n) is 1.75. The van der Waals surface area contributed by atoms with Crippen LogP contribution in [0.4, 0.5) is 15.9 Å². The van der Waals surface area contributed by atoms with Crippen LogP contribution in [0.3, 0.4) is 0 Å². The maximum atomic E-state index is 13.3. The number of rotatable bonds is 5. The van der Waals surface area contributed by atoms with E-state index in [4.69, 9.17) is 4.74 Å². The fourth-order valence-corrected chi connectivity index (χ4v) is 1.75. The van der Waals surface area contributed by atoms with Crippen molar-refractivity contribution in [2.45, 2.75) is 6.92 Å². The summed E-state index contributed by atoms with van der Waals surface area (Å²) < 4.78 is 18.2. The minimum Gasteiger partial charge on any atom is -0.494 e. The summed E-state index contributed by atoms with van der Waals surface area (Å²) in [5, 5.41) is 5.71. The molecule has 5 nitrogen and oxygen atoms in total. The zero-order valence-electron chi connectivity index (χ0n) is 11.8. The second-order valence-corrected chi connectivity index (χ2v) is 4.27. The second-order valence-electron chi connectivity index (χ2n) is 4.27. The van der Waals surface area contributed by atoms with E-state index >= 15 is 0 Å². The van der Waals surface area contributed by atoms with Crippen LogP contribution in [0.5, 0.6) is 5.75 Å². The summed E-state index contributed by atoms with van der Waals surface area (Å²) in [6.07, 6.45) is 1.48. The molecule has 0 fully saturated rings. The van der Waals surface area contributed by atoms with Crippen molar-refractivity contribution < 1.29 is 13.9 Å². The number of nitrogens with zero attached hydrogens (tertiary/aromatic N) is 1. The lowest BCUT2D eigenvalue weighted by atomic mass is 10.2. The van der Waals surface area contributed by atoms with E-state index in [9.17, 15) is 9.18 Å². The lowest BCUT2D eigenvalue weighted by Gasteiger charge is -2.08. The lowest BCUT2D eigenvalue weighted by Crippen LogP contribution is -2.12. The van der Waals surface area contributed by atoms with E-state index in [-0.39, 0.29) is 11.7 Å². The molecule has 0 aliphatic heterocycles. The standard InChI is InChI=1S/C15H16FN3O2/c1-3-17-14-7-4-10(9-18-14)15(20)19-11-5-6-12(16)13(8-11)21-2/h4-9H,3H2,1-2H3,(H,17,18)(H,19,20). The maximum Gasteiger partial charge on any atom is 0.257 e. The molecule has 0 spiro atoms. The first-order valence-corrected chi connectivity index (χ1v) is 6.49. The van der Waals surface area contributed by atoms with Crippen molar-refractivity contribution in [2.24, 2.45) is 0 Å². The Morgan fingerprint density at radius 3 is 2.76 bits per heavy atom. The highest BCUT2D eigenvalue weighted by Crippen LogP contribution is 2.21. The van der Waals surface area contributed by atoms with E-state index in [1.165, 1.54) is 31.5 Å². The number of hydrogen-bond acceptors (Lipinski definition) is 4. The number of anilines is 2. The largest absolute Gasteiger partial charge is 0.494 e. The van der Waals surface area contributed by atoms with Gasteiger partial charge in [-0.3, -0.25) is 4.79 Å². The monoisotopic (exact) mass is 289 g/mol. The molecule has 0 saturated heterocycles. The van der Waals surface area contributed by atoms with E-state index in [2.05, 4.69) is 15.6 Å². The Kier molecular flexibility index (Phi) is 4.71. The van der Waals surface area contributed by atoms with Gasteiger partial charge in [0, 0.05) is 24.5 Å². The third kappa shape index (κ3) is 3.68. The van der Waals surface area contributed by atoms with Crippen LogP contribution in [0.2, 0.25) is 0 Å². The number of hydrogen-bond donors (Lipinski definition) is 2. The molecule has 1 heterocycles. The molecule has 0 radical (unpaired) electrons. The van der Waals surface area contributed by atoms with Crippen LogP contribution in [0.15, 0.2) is 36.5 Å². The molecule has 1 aromatic heterocycles. The molecule has 2 rings (SSSR count). The van der Waals surface area contributed by atoms with Gasteiger partial charge in [0.25, 0.3) is 5.91 Å². The van der Waals surface area contributed by atoms with Crippen molar-refractivity contribution in [3.63, 3.8) is 0 Å². The van der Waals surface area contributed by atoms with Crippen molar-refractivity contribution >= 4 is 17.4 Å². The predicted molar refractivity (Wildman–Crippen MR) is 79.3 cm³/mol. The SMILES string of the molecule is CCNc1ccc(C(=O)Nc2ccc(F)c(OC)c2)cn1. The van der Waals surface area contributed by atoms with Gasteiger partial charge in [0.2, 0.25) is 0 Å². The number of nitrogens with one attached hydrogen (secondary N) is 2. The Morgan fingerprint density at radius 1 is 1.33 bits per heavy atom. The maximum absolute atomic E-state index is 13.3. The molecule has 21 heavy (non-hydrogen) atoms. The third-order valence-corrected chi connectivity index (χ3v) is 2.79. The average Bonchev–Trinajstić information content (AvgIpc) is 2.50. The van der Waals surface area contributed by atoms with E-state index in [1.807, 2.05) is 6.92 Å². The van der Waals surface area contributed by atoms with Crippen molar-refractivity contribution in [1.29, 1.82) is 0 Å². The van der Waals surface area contributed by atoms with Crippen LogP contribution < -0.4 is 15.4 Å². The molecule has 0 atom stereocenters. The Labute approximate surface area is 122 Å². The van der Waals surface area contributed by atoms with Gasteiger partial charge in [-0.25, -0.2) is 9.37 Å². The first kappa shape index (κ1) is 14.8. The van der Waals surface area contributed by atoms with E-state index in [1.54, 1.807) is 12.1 Å². The van der Waals surface area contributed by atoms with Crippen LogP contribution >= 0.6 is 0 Å². The fraction of sp³-hybridized carbons (Fsp3) is 0.200. The van der Waals surface area contributed by atoms with Crippen LogP contribution in [0, 0.1) is 5.82 Å². The highest BCUT2D eigenvalue weighted by atomic mass is 19.1. The molecule has 2 aromatic rings. The summed E-state index contributed by atoms with van der Waals surface area (Å²) in [7, 11) is 1.37. The van der Waals surface area contributed by atoms with Gasteiger partial charge < -0.3 is 15.4 Å². The summed E-state index contributed by atoms with van der Waals surface area (Å²) in [4.78, 5) is 16.2. The Hall–Kier alpha value is -2.63. The topological polar surface area (TPSA) is 63.2 Å². The molecule has 0 bridgehead atoms. The first-order chi connectivity index (χ1) is 10.1. The van der Waals surface area contributed by atoms with Crippen molar-refractivity contribution in [1.82, 2.24) is 4.98 Å². The molecular formula is C15H16FN3O2. The van der Waals surface area contributed by atoms with Crippen LogP contribution in [-0.2, 0) is 0 Å². The predicted octanol–water partition coefficient (Wildman–Crippen LogP) is 2.91. The summed E-state index contributed by atoms with van der Waals surface area (Å²) in [5.74, 6) is -0.0164. The molecule has 0 unspecified atom stereocenters. The minimum atomic E-state index is -0.479. The molecule has 0 saturated carbocycles. The zero-order chi connectivity index (χ0) is 15.2. The Morgan fingerprint density at radius 2 is 2.14 bits per heavy atom. The van der Waals surface area contributed by atoms with Gasteiger partial charge in [-0.2, -0.15) is 0 Å². The number of amides is 1. The van der Waals surface area contributed by atoms with Gasteiger partial charge >= 0.3 is 0 Å². The number of halogens is 1. The lowest BCUT2D eigenvalue weighted by molar-refractivity contribution is 0.102. The van der Waals surface area contributed by atoms with Crippen LogP contribution in [-0.4, -0.2) is 24.5 Å². The molecule has 1 aromatic carbocycles. The van der Waals surface area contributed by atoms with Gasteiger partial charge in [-0.1, -0.05) is 0 Å². The van der Waals surface area contributed by atoms with Crippen LogP contribution in [0.25, 0.3) is 0 Å². The summed E-state index contributed by atoms with van der Waals surface area (Å²) >= 11 is 0. The van der Waals surface area contributed by atoms with Gasteiger partial charge in [-0.15, -0.1) is 0 Å². The average molecular weight is 289 g/mol. The minimum absolute atomic E-state index is 0.0772. The number of benzene rings is 1. The number of aromatic nitrogens is 1. The van der Waals surface area contributed by atoms with Crippen molar-refractivity contribution in [3.8, 4) is 5.75 Å². The number of ether oxygens (including phenoxy) is 1. The van der Waals surface area contributed by atoms with Gasteiger partial charge in [0.15, 0.2) is 11.6 Å². The molecule has 0 aliphatic carbocycles. The van der Waals surface area contributed by atoms with Crippen molar-refractivity contribution in [3.05, 3.63) is 47.9 Å². The Balaban J connectivity index is 2.10. The Bertz CT molecular complexity index is 629.